The minimum Gasteiger partial charge on any atom is -0.407 e. The lowest BCUT2D eigenvalue weighted by Crippen LogP contribution is -2.24. The Labute approximate surface area is 122 Å². The summed E-state index contributed by atoms with van der Waals surface area (Å²) in [6.45, 7) is 2.05. The molecule has 20 heavy (non-hydrogen) atoms. The van der Waals surface area contributed by atoms with Gasteiger partial charge >= 0.3 is 6.01 Å². The van der Waals surface area contributed by atoms with Crippen molar-refractivity contribution in [1.29, 1.82) is 0 Å². The fourth-order valence-corrected chi connectivity index (χ4v) is 2.99. The Morgan fingerprint density at radius 2 is 1.80 bits per heavy atom. The number of thioether (sulfide) groups is 1. The monoisotopic (exact) mass is 290 g/mol. The highest BCUT2D eigenvalue weighted by Crippen LogP contribution is 2.23. The van der Waals surface area contributed by atoms with E-state index in [1.54, 1.807) is 24.2 Å². The van der Waals surface area contributed by atoms with Crippen LogP contribution in [0, 0.1) is 0 Å². The van der Waals surface area contributed by atoms with Crippen LogP contribution in [0.15, 0.2) is 33.8 Å². The number of anilines is 1. The number of nitrogens with zero attached hydrogens (tertiary/aromatic N) is 4. The van der Waals surface area contributed by atoms with Crippen LogP contribution in [0.1, 0.15) is 31.6 Å². The molecule has 0 radical (unpaired) electrons. The molecule has 0 atom stereocenters. The molecule has 1 fully saturated rings. The molecular weight excluding hydrogens is 272 g/mol. The number of pyridine rings is 1. The van der Waals surface area contributed by atoms with Crippen molar-refractivity contribution < 1.29 is 4.42 Å². The standard InChI is InChI=1S/C14H18N4OS/c1-2-4-10-18(9-3-1)14-17-16-13(19-14)11-20-12-5-7-15-8-6-12/h5-8H,1-4,9-11H2. The summed E-state index contributed by atoms with van der Waals surface area (Å²) < 4.78 is 5.77. The van der Waals surface area contributed by atoms with E-state index in [1.165, 1.54) is 25.7 Å². The first-order valence-electron chi connectivity index (χ1n) is 7.02. The lowest BCUT2D eigenvalue weighted by atomic mass is 10.2. The zero-order chi connectivity index (χ0) is 13.6. The molecule has 0 bridgehead atoms. The fourth-order valence-electron chi connectivity index (χ4n) is 2.27. The fraction of sp³-hybridized carbons (Fsp3) is 0.500. The van der Waals surface area contributed by atoms with E-state index in [4.69, 9.17) is 4.42 Å². The zero-order valence-corrected chi connectivity index (χ0v) is 12.2. The van der Waals surface area contributed by atoms with Crippen LogP contribution in [0.25, 0.3) is 0 Å². The Morgan fingerprint density at radius 1 is 1.05 bits per heavy atom. The highest BCUT2D eigenvalue weighted by molar-refractivity contribution is 7.98. The van der Waals surface area contributed by atoms with Crippen molar-refractivity contribution in [2.24, 2.45) is 0 Å². The van der Waals surface area contributed by atoms with Crippen LogP contribution >= 0.6 is 11.8 Å². The zero-order valence-electron chi connectivity index (χ0n) is 11.4. The van der Waals surface area contributed by atoms with Crippen LogP contribution in [0.5, 0.6) is 0 Å². The van der Waals surface area contributed by atoms with E-state index >= 15 is 0 Å². The number of aromatic nitrogens is 3. The van der Waals surface area contributed by atoms with E-state index in [0.717, 1.165) is 18.0 Å². The molecule has 3 rings (SSSR count). The van der Waals surface area contributed by atoms with Gasteiger partial charge in [0.15, 0.2) is 0 Å². The Hall–Kier alpha value is -1.56. The molecule has 0 saturated carbocycles. The summed E-state index contributed by atoms with van der Waals surface area (Å²) in [7, 11) is 0. The van der Waals surface area contributed by atoms with Crippen molar-refractivity contribution in [1.82, 2.24) is 15.2 Å². The first kappa shape index (κ1) is 13.4. The molecule has 2 aromatic rings. The van der Waals surface area contributed by atoms with Gasteiger partial charge in [0.25, 0.3) is 0 Å². The summed E-state index contributed by atoms with van der Waals surface area (Å²) in [6, 6.07) is 4.64. The van der Waals surface area contributed by atoms with Gasteiger partial charge in [0.2, 0.25) is 5.89 Å². The highest BCUT2D eigenvalue weighted by atomic mass is 32.2. The van der Waals surface area contributed by atoms with E-state index in [2.05, 4.69) is 20.1 Å². The number of hydrogen-bond acceptors (Lipinski definition) is 6. The van der Waals surface area contributed by atoms with E-state index in [9.17, 15) is 0 Å². The molecule has 0 N–H and O–H groups in total. The maximum atomic E-state index is 5.77. The van der Waals surface area contributed by atoms with Gasteiger partial charge in [-0.05, 0) is 25.0 Å². The molecule has 0 unspecified atom stereocenters. The average Bonchev–Trinajstić information content (AvgIpc) is 2.80. The molecule has 5 nitrogen and oxygen atoms in total. The maximum absolute atomic E-state index is 5.77. The first-order chi connectivity index (χ1) is 9.92. The molecule has 3 heterocycles. The van der Waals surface area contributed by atoms with Gasteiger partial charge in [-0.15, -0.1) is 16.9 Å². The smallest absolute Gasteiger partial charge is 0.318 e. The van der Waals surface area contributed by atoms with E-state index in [0.29, 0.717) is 17.7 Å². The Balaban J connectivity index is 1.58. The van der Waals surface area contributed by atoms with Crippen molar-refractivity contribution in [3.05, 3.63) is 30.4 Å². The summed E-state index contributed by atoms with van der Waals surface area (Å²) in [4.78, 5) is 7.37. The molecule has 6 heteroatoms. The van der Waals surface area contributed by atoms with Crippen LogP contribution in [0.2, 0.25) is 0 Å². The summed E-state index contributed by atoms with van der Waals surface area (Å²) in [5.74, 6) is 1.39. The van der Waals surface area contributed by atoms with Gasteiger partial charge in [-0.3, -0.25) is 4.98 Å². The van der Waals surface area contributed by atoms with Crippen molar-refractivity contribution in [2.75, 3.05) is 18.0 Å². The lowest BCUT2D eigenvalue weighted by Gasteiger charge is -2.16. The topological polar surface area (TPSA) is 55.1 Å². The van der Waals surface area contributed by atoms with E-state index in [1.807, 2.05) is 12.1 Å². The largest absolute Gasteiger partial charge is 0.407 e. The summed E-state index contributed by atoms with van der Waals surface area (Å²) in [5, 5.41) is 8.32. The third kappa shape index (κ3) is 3.50. The second-order valence-corrected chi connectivity index (χ2v) is 5.90. The highest BCUT2D eigenvalue weighted by Gasteiger charge is 2.16. The van der Waals surface area contributed by atoms with Crippen LogP contribution in [0.4, 0.5) is 6.01 Å². The quantitative estimate of drug-likeness (QED) is 0.806. The van der Waals surface area contributed by atoms with Crippen molar-refractivity contribution in [3.63, 3.8) is 0 Å². The van der Waals surface area contributed by atoms with Crippen molar-refractivity contribution in [2.45, 2.75) is 36.3 Å². The first-order valence-corrected chi connectivity index (χ1v) is 8.00. The van der Waals surface area contributed by atoms with Gasteiger partial charge in [-0.1, -0.05) is 17.9 Å². The molecule has 1 saturated heterocycles. The van der Waals surface area contributed by atoms with Crippen LogP contribution < -0.4 is 4.90 Å². The van der Waals surface area contributed by atoms with Crippen LogP contribution in [0.3, 0.4) is 0 Å². The van der Waals surface area contributed by atoms with Crippen molar-refractivity contribution >= 4 is 17.8 Å². The minimum absolute atomic E-state index is 0.678. The van der Waals surface area contributed by atoms with E-state index in [-0.39, 0.29) is 0 Å². The molecule has 1 aliphatic heterocycles. The predicted molar refractivity (Wildman–Crippen MR) is 78.8 cm³/mol. The second-order valence-electron chi connectivity index (χ2n) is 4.85. The minimum atomic E-state index is 0.678. The second kappa shape index (κ2) is 6.74. The predicted octanol–water partition coefficient (Wildman–Crippen LogP) is 3.14. The average molecular weight is 290 g/mol. The van der Waals surface area contributed by atoms with Gasteiger partial charge in [0.1, 0.15) is 0 Å². The Morgan fingerprint density at radius 3 is 2.55 bits per heavy atom. The molecule has 1 aliphatic rings. The SMILES string of the molecule is c1cc(SCc2nnc(N3CCCCCC3)o2)ccn1. The molecule has 106 valence electrons. The number of hydrogen-bond donors (Lipinski definition) is 0. The normalized spacial score (nSPS) is 16.1. The van der Waals surface area contributed by atoms with Gasteiger partial charge < -0.3 is 9.32 Å². The van der Waals surface area contributed by atoms with Gasteiger partial charge in [0, 0.05) is 30.4 Å². The Bertz CT molecular complexity index is 523. The third-order valence-electron chi connectivity index (χ3n) is 3.34. The van der Waals surface area contributed by atoms with Crippen molar-refractivity contribution in [3.8, 4) is 0 Å². The Kier molecular flexibility index (Phi) is 4.53. The summed E-state index contributed by atoms with van der Waals surface area (Å²) in [5.41, 5.74) is 0. The molecule has 2 aromatic heterocycles. The van der Waals surface area contributed by atoms with Gasteiger partial charge in [-0.25, -0.2) is 0 Å². The number of rotatable bonds is 4. The lowest BCUT2D eigenvalue weighted by molar-refractivity contribution is 0.500. The molecule has 0 amide bonds. The molecule has 0 aromatic carbocycles. The maximum Gasteiger partial charge on any atom is 0.318 e. The van der Waals surface area contributed by atoms with Crippen LogP contribution in [-0.4, -0.2) is 28.3 Å². The molecular formula is C14H18N4OS. The van der Waals surface area contributed by atoms with Gasteiger partial charge in [-0.2, -0.15) is 0 Å². The van der Waals surface area contributed by atoms with Gasteiger partial charge in [0.05, 0.1) is 5.75 Å². The summed E-state index contributed by atoms with van der Waals surface area (Å²) >= 11 is 1.68. The third-order valence-corrected chi connectivity index (χ3v) is 4.34. The summed E-state index contributed by atoms with van der Waals surface area (Å²) in [6.07, 6.45) is 8.61. The molecule has 0 aliphatic carbocycles. The van der Waals surface area contributed by atoms with Crippen LogP contribution in [-0.2, 0) is 5.75 Å². The molecule has 0 spiro atoms. The van der Waals surface area contributed by atoms with E-state index < -0.39 is 0 Å².